The number of nitrogens with two attached hydrogens (primary N) is 1. The van der Waals surface area contributed by atoms with E-state index < -0.39 is 15.1 Å². The molecule has 0 aliphatic rings. The van der Waals surface area contributed by atoms with Crippen LogP contribution in [0.15, 0.2) is 51.2 Å². The third-order valence-corrected chi connectivity index (χ3v) is 7.91. The highest BCUT2D eigenvalue weighted by molar-refractivity contribution is 7.92. The number of anilines is 1. The Morgan fingerprint density at radius 3 is 2.56 bits per heavy atom. The zero-order chi connectivity index (χ0) is 22.9. The lowest BCUT2D eigenvalue weighted by Crippen LogP contribution is -2.13. The van der Waals surface area contributed by atoms with Crippen molar-refractivity contribution in [1.82, 2.24) is 25.5 Å². The summed E-state index contributed by atoms with van der Waals surface area (Å²) in [6.07, 6.45) is 1.52. The number of nitrogens with zero attached hydrogens (tertiary/aromatic N) is 4. The lowest BCUT2D eigenvalue weighted by atomic mass is 10.1. The maximum atomic E-state index is 12.3. The van der Waals surface area contributed by atoms with Crippen LogP contribution in [-0.4, -0.2) is 40.9 Å². The van der Waals surface area contributed by atoms with Gasteiger partial charge in [-0.1, -0.05) is 12.1 Å². The van der Waals surface area contributed by atoms with E-state index in [2.05, 4.69) is 25.5 Å². The molecule has 0 saturated carbocycles. The molecule has 11 heteroatoms. The fourth-order valence-electron chi connectivity index (χ4n) is 2.99. The maximum Gasteiger partial charge on any atom is 0.270 e. The van der Waals surface area contributed by atoms with Gasteiger partial charge in [0.15, 0.2) is 21.3 Å². The molecule has 0 aliphatic heterocycles. The van der Waals surface area contributed by atoms with Gasteiger partial charge in [0.05, 0.1) is 26.9 Å². The molecule has 0 unspecified atom stereocenters. The van der Waals surface area contributed by atoms with Crippen LogP contribution in [0, 0.1) is 0 Å². The Labute approximate surface area is 189 Å². The molecule has 3 heterocycles. The van der Waals surface area contributed by atoms with Crippen molar-refractivity contribution in [2.45, 2.75) is 30.5 Å². The van der Waals surface area contributed by atoms with Crippen LogP contribution in [0.2, 0.25) is 0 Å². The summed E-state index contributed by atoms with van der Waals surface area (Å²) in [5.74, 6) is 0.696. The fourth-order valence-corrected chi connectivity index (χ4v) is 4.88. The summed E-state index contributed by atoms with van der Waals surface area (Å²) in [5.41, 5.74) is 8.61. The van der Waals surface area contributed by atoms with Gasteiger partial charge in [0.1, 0.15) is 0 Å². The lowest BCUT2D eigenvalue weighted by Gasteiger charge is -2.09. The molecule has 0 radical (unpaired) electrons. The monoisotopic (exact) mass is 470 g/mol. The van der Waals surface area contributed by atoms with E-state index in [0.29, 0.717) is 17.1 Å². The van der Waals surface area contributed by atoms with Crippen LogP contribution >= 0.6 is 11.3 Å². The summed E-state index contributed by atoms with van der Waals surface area (Å²) in [6, 6.07) is 8.48. The molecular weight excluding hydrogens is 448 g/mol. The molecule has 0 atom stereocenters. The number of thiophene rings is 1. The molecule has 0 fully saturated rings. The Kier molecular flexibility index (Phi) is 6.04. The molecule has 32 heavy (non-hydrogen) atoms. The summed E-state index contributed by atoms with van der Waals surface area (Å²) in [4.78, 5) is 9.85. The van der Waals surface area contributed by atoms with Crippen molar-refractivity contribution < 1.29 is 12.8 Å². The molecule has 4 rings (SSSR count). The highest BCUT2D eigenvalue weighted by Gasteiger charge is 2.20. The van der Waals surface area contributed by atoms with Gasteiger partial charge < -0.3 is 15.5 Å². The van der Waals surface area contributed by atoms with Crippen molar-refractivity contribution in [3.8, 4) is 33.6 Å². The topological polar surface area (TPSA) is 137 Å². The summed E-state index contributed by atoms with van der Waals surface area (Å²) in [7, 11) is -1.47. The Morgan fingerprint density at radius 2 is 1.88 bits per heavy atom. The van der Waals surface area contributed by atoms with E-state index in [-0.39, 0.29) is 22.3 Å². The van der Waals surface area contributed by atoms with Crippen LogP contribution in [0.1, 0.15) is 19.4 Å². The van der Waals surface area contributed by atoms with Crippen molar-refractivity contribution in [3.05, 3.63) is 47.5 Å². The highest BCUT2D eigenvalue weighted by Crippen LogP contribution is 2.31. The standard InChI is InChI=1S/C21H22N6O3S2/c1-12(2)32(28,29)15-6-4-14(5-7-15)16-10-24-19(22)18(25-16)21-27-26-20(30-21)17-8-13(9-23-3)11-31-17/h4-8,10-12,23H,9H2,1-3H3,(H2,22,24). The first-order valence-corrected chi connectivity index (χ1v) is 12.2. The van der Waals surface area contributed by atoms with Crippen molar-refractivity contribution in [3.63, 3.8) is 0 Å². The quantitative estimate of drug-likeness (QED) is 0.416. The first-order chi connectivity index (χ1) is 15.3. The Bertz CT molecular complexity index is 1340. The van der Waals surface area contributed by atoms with Crippen LogP contribution in [0.3, 0.4) is 0 Å². The van der Waals surface area contributed by atoms with E-state index >= 15 is 0 Å². The number of benzene rings is 1. The molecule has 1 aromatic carbocycles. The fraction of sp³-hybridized carbons (Fsp3) is 0.238. The third-order valence-electron chi connectivity index (χ3n) is 4.77. The lowest BCUT2D eigenvalue weighted by molar-refractivity contribution is 0.583. The molecule has 0 aliphatic carbocycles. The summed E-state index contributed by atoms with van der Waals surface area (Å²) in [6.45, 7) is 4.05. The minimum atomic E-state index is -3.35. The van der Waals surface area contributed by atoms with Crippen molar-refractivity contribution in [2.24, 2.45) is 0 Å². The van der Waals surface area contributed by atoms with E-state index in [0.717, 1.165) is 17.0 Å². The second-order valence-electron chi connectivity index (χ2n) is 7.37. The number of sulfone groups is 1. The molecule has 166 valence electrons. The molecule has 0 amide bonds. The smallest absolute Gasteiger partial charge is 0.270 e. The minimum absolute atomic E-state index is 0.157. The second kappa shape index (κ2) is 8.77. The van der Waals surface area contributed by atoms with Gasteiger partial charge in [-0.2, -0.15) is 0 Å². The summed E-state index contributed by atoms with van der Waals surface area (Å²) in [5, 5.41) is 12.8. The normalized spacial score (nSPS) is 11.9. The molecular formula is C21H22N6O3S2. The Hall–Kier alpha value is -3.15. The van der Waals surface area contributed by atoms with Gasteiger partial charge in [-0.15, -0.1) is 21.5 Å². The number of nitrogen functional groups attached to an aromatic ring is 1. The Morgan fingerprint density at radius 1 is 1.16 bits per heavy atom. The van der Waals surface area contributed by atoms with E-state index in [9.17, 15) is 8.42 Å². The van der Waals surface area contributed by atoms with Crippen LogP contribution in [0.4, 0.5) is 5.82 Å². The number of rotatable bonds is 7. The molecule has 9 nitrogen and oxygen atoms in total. The van der Waals surface area contributed by atoms with Gasteiger partial charge in [-0.05, 0) is 50.0 Å². The molecule has 0 bridgehead atoms. The van der Waals surface area contributed by atoms with Crippen LogP contribution in [0.5, 0.6) is 0 Å². The third kappa shape index (κ3) is 4.27. The van der Waals surface area contributed by atoms with E-state index in [1.165, 1.54) is 17.5 Å². The SMILES string of the molecule is CNCc1csc(-c2nnc(-c3nc(-c4ccc(S(=O)(=O)C(C)C)cc4)cnc3N)o2)c1. The number of nitrogens with one attached hydrogen (secondary N) is 1. The van der Waals surface area contributed by atoms with E-state index in [1.807, 2.05) is 18.5 Å². The zero-order valence-electron chi connectivity index (χ0n) is 17.7. The van der Waals surface area contributed by atoms with Crippen LogP contribution in [-0.2, 0) is 16.4 Å². The Balaban J connectivity index is 1.64. The minimum Gasteiger partial charge on any atom is -0.414 e. The van der Waals surface area contributed by atoms with Crippen LogP contribution < -0.4 is 11.1 Å². The maximum absolute atomic E-state index is 12.3. The van der Waals surface area contributed by atoms with Gasteiger partial charge in [0.25, 0.3) is 11.8 Å². The van der Waals surface area contributed by atoms with Gasteiger partial charge >= 0.3 is 0 Å². The van der Waals surface area contributed by atoms with Gasteiger partial charge in [0, 0.05) is 12.1 Å². The largest absolute Gasteiger partial charge is 0.414 e. The highest BCUT2D eigenvalue weighted by atomic mass is 32.2. The van der Waals surface area contributed by atoms with Crippen molar-refractivity contribution in [1.29, 1.82) is 0 Å². The van der Waals surface area contributed by atoms with Gasteiger partial charge in [0.2, 0.25) is 0 Å². The molecule has 3 aromatic heterocycles. The molecule has 4 aromatic rings. The number of hydrogen-bond acceptors (Lipinski definition) is 10. The zero-order valence-corrected chi connectivity index (χ0v) is 19.4. The van der Waals surface area contributed by atoms with Gasteiger partial charge in [-0.3, -0.25) is 0 Å². The number of hydrogen-bond donors (Lipinski definition) is 2. The van der Waals surface area contributed by atoms with E-state index in [1.54, 1.807) is 38.1 Å². The van der Waals surface area contributed by atoms with Gasteiger partial charge in [-0.25, -0.2) is 18.4 Å². The summed E-state index contributed by atoms with van der Waals surface area (Å²) >= 11 is 1.51. The molecule has 0 spiro atoms. The second-order valence-corrected chi connectivity index (χ2v) is 10.8. The van der Waals surface area contributed by atoms with Crippen molar-refractivity contribution >= 4 is 27.0 Å². The molecule has 3 N–H and O–H groups in total. The van der Waals surface area contributed by atoms with Crippen LogP contribution in [0.25, 0.3) is 33.6 Å². The van der Waals surface area contributed by atoms with Crippen molar-refractivity contribution in [2.75, 3.05) is 12.8 Å². The summed E-state index contributed by atoms with van der Waals surface area (Å²) < 4.78 is 30.5. The average Bonchev–Trinajstić information content (AvgIpc) is 3.44. The predicted molar refractivity (Wildman–Crippen MR) is 124 cm³/mol. The first kappa shape index (κ1) is 22.1. The van der Waals surface area contributed by atoms with E-state index in [4.69, 9.17) is 10.2 Å². The average molecular weight is 471 g/mol. The predicted octanol–water partition coefficient (Wildman–Crippen LogP) is 3.41. The first-order valence-electron chi connectivity index (χ1n) is 9.82. The molecule has 0 saturated heterocycles. The number of aromatic nitrogens is 4.